The van der Waals surface area contributed by atoms with Gasteiger partial charge in [-0.15, -0.1) is 0 Å². The fourth-order valence-corrected chi connectivity index (χ4v) is 3.83. The molecule has 0 spiro atoms. The smallest absolute Gasteiger partial charge is 0.254 e. The third-order valence-electron chi connectivity index (χ3n) is 5.40. The first kappa shape index (κ1) is 20.8. The first-order valence-electron chi connectivity index (χ1n) is 9.86. The van der Waals surface area contributed by atoms with Crippen molar-refractivity contribution in [3.05, 3.63) is 48.0 Å². The van der Waals surface area contributed by atoms with Crippen LogP contribution in [0.25, 0.3) is 28.2 Å². The van der Waals surface area contributed by atoms with Crippen molar-refractivity contribution in [2.24, 2.45) is 0 Å². The number of imidazole rings is 1. The molecule has 1 fully saturated rings. The monoisotopic (exact) mass is 457 g/mol. The maximum atomic E-state index is 10.4. The summed E-state index contributed by atoms with van der Waals surface area (Å²) in [5, 5.41) is 38.0. The Labute approximate surface area is 186 Å². The van der Waals surface area contributed by atoms with Gasteiger partial charge in [-0.1, -0.05) is 23.7 Å². The number of nitrogens with zero attached hydrogens (tertiary/aromatic N) is 6. The second-order valence-electron chi connectivity index (χ2n) is 7.36. The van der Waals surface area contributed by atoms with Crippen LogP contribution in [0.4, 0.5) is 5.82 Å². The maximum absolute atomic E-state index is 10.4. The largest absolute Gasteiger partial charge is 0.394 e. The highest BCUT2D eigenvalue weighted by molar-refractivity contribution is 6.30. The third kappa shape index (κ3) is 3.40. The average molecular weight is 458 g/mol. The highest BCUT2D eigenvalue weighted by atomic mass is 35.5. The van der Waals surface area contributed by atoms with Crippen LogP contribution in [0.5, 0.6) is 0 Å². The maximum Gasteiger partial charge on any atom is 0.254 e. The molecule has 4 heterocycles. The number of benzene rings is 1. The van der Waals surface area contributed by atoms with Crippen LogP contribution >= 0.6 is 11.6 Å². The van der Waals surface area contributed by atoms with Gasteiger partial charge >= 0.3 is 0 Å². The summed E-state index contributed by atoms with van der Waals surface area (Å²) in [6.45, 7) is -0.426. The minimum absolute atomic E-state index is 0.274. The van der Waals surface area contributed by atoms with Crippen LogP contribution in [0.1, 0.15) is 6.23 Å². The molecular weight excluding hydrogens is 438 g/mol. The molecule has 3 aromatic heterocycles. The molecule has 0 bridgehead atoms. The number of rotatable bonds is 5. The number of aromatic nitrogens is 6. The Morgan fingerprint density at radius 2 is 1.91 bits per heavy atom. The van der Waals surface area contributed by atoms with E-state index in [1.54, 1.807) is 31.6 Å². The summed E-state index contributed by atoms with van der Waals surface area (Å²) in [6, 6.07) is 7.39. The number of anilines is 1. The third-order valence-corrected chi connectivity index (χ3v) is 5.65. The van der Waals surface area contributed by atoms with Crippen LogP contribution in [0.2, 0.25) is 5.02 Å². The zero-order valence-electron chi connectivity index (χ0n) is 16.9. The number of halogens is 1. The first-order chi connectivity index (χ1) is 15.5. The lowest BCUT2D eigenvalue weighted by Gasteiger charge is -2.17. The van der Waals surface area contributed by atoms with Crippen LogP contribution in [0.15, 0.2) is 43.0 Å². The summed E-state index contributed by atoms with van der Waals surface area (Å²) in [5.41, 5.74) is 2.62. The summed E-state index contributed by atoms with van der Waals surface area (Å²) in [6.07, 6.45) is 0.554. The van der Waals surface area contributed by atoms with Crippen LogP contribution in [0.3, 0.4) is 0 Å². The van der Waals surface area contributed by atoms with Crippen molar-refractivity contribution >= 4 is 28.6 Å². The highest BCUT2D eigenvalue weighted by Crippen LogP contribution is 2.32. The molecule has 1 saturated heterocycles. The van der Waals surface area contributed by atoms with Gasteiger partial charge in [0.25, 0.3) is 5.95 Å². The van der Waals surface area contributed by atoms with E-state index in [9.17, 15) is 15.3 Å². The quantitative estimate of drug-likeness (QED) is 0.345. The number of aliphatic hydroxyl groups is 3. The van der Waals surface area contributed by atoms with Crippen LogP contribution in [0, 0.1) is 0 Å². The predicted molar refractivity (Wildman–Crippen MR) is 115 cm³/mol. The van der Waals surface area contributed by atoms with E-state index in [0.717, 1.165) is 11.1 Å². The fraction of sp³-hybridized carbons (Fsp3) is 0.300. The molecule has 32 heavy (non-hydrogen) atoms. The lowest BCUT2D eigenvalue weighted by Crippen LogP contribution is -2.33. The van der Waals surface area contributed by atoms with Crippen molar-refractivity contribution in [2.75, 3.05) is 19.0 Å². The van der Waals surface area contributed by atoms with E-state index < -0.39 is 31.1 Å². The molecule has 4 N–H and O–H groups in total. The van der Waals surface area contributed by atoms with E-state index in [1.807, 2.05) is 12.1 Å². The van der Waals surface area contributed by atoms with Crippen molar-refractivity contribution in [1.29, 1.82) is 0 Å². The second-order valence-corrected chi connectivity index (χ2v) is 7.79. The number of nitrogens with one attached hydrogen (secondary N) is 1. The average Bonchev–Trinajstić information content (AvgIpc) is 3.52. The summed E-state index contributed by atoms with van der Waals surface area (Å²) in [4.78, 5) is 13.4. The van der Waals surface area contributed by atoms with E-state index in [4.69, 9.17) is 16.3 Å². The van der Waals surface area contributed by atoms with Crippen molar-refractivity contribution in [2.45, 2.75) is 24.5 Å². The summed E-state index contributed by atoms with van der Waals surface area (Å²) >= 11 is 5.97. The number of ether oxygens (including phenoxy) is 1. The predicted octanol–water partition coefficient (Wildman–Crippen LogP) is 0.986. The Bertz CT molecular complexity index is 1260. The van der Waals surface area contributed by atoms with E-state index in [-0.39, 0.29) is 5.95 Å². The second kappa shape index (κ2) is 8.11. The fourth-order valence-electron chi connectivity index (χ4n) is 3.70. The Morgan fingerprint density at radius 1 is 1.12 bits per heavy atom. The SMILES string of the molecule is CNc1nc(-n2cc(-c3ccc(Cl)cc3)cn2)nc2c1ncn2[C@@H]1O[C@H](CO)[C@@H](O)[C@H]1O. The molecule has 4 atom stereocenters. The Balaban J connectivity index is 1.57. The van der Waals surface area contributed by atoms with Crippen LogP contribution in [-0.2, 0) is 4.74 Å². The highest BCUT2D eigenvalue weighted by Gasteiger charge is 2.44. The Morgan fingerprint density at radius 3 is 2.59 bits per heavy atom. The van der Waals surface area contributed by atoms with Crippen molar-refractivity contribution < 1.29 is 20.1 Å². The van der Waals surface area contributed by atoms with Gasteiger partial charge in [0.15, 0.2) is 23.2 Å². The Hall–Kier alpha value is -3.09. The van der Waals surface area contributed by atoms with Gasteiger partial charge in [-0.3, -0.25) is 4.57 Å². The molecular formula is C20H20ClN7O4. The van der Waals surface area contributed by atoms with Crippen molar-refractivity contribution in [1.82, 2.24) is 29.3 Å². The van der Waals surface area contributed by atoms with Gasteiger partial charge < -0.3 is 25.4 Å². The van der Waals surface area contributed by atoms with Crippen LogP contribution in [-0.4, -0.2) is 76.6 Å². The van der Waals surface area contributed by atoms with E-state index >= 15 is 0 Å². The molecule has 166 valence electrons. The topological polar surface area (TPSA) is 143 Å². The number of fused-ring (bicyclic) bond motifs is 1. The zero-order chi connectivity index (χ0) is 22.4. The number of hydrogen-bond donors (Lipinski definition) is 4. The van der Waals surface area contributed by atoms with Gasteiger partial charge in [-0.2, -0.15) is 15.1 Å². The summed E-state index contributed by atoms with van der Waals surface area (Å²) in [5.74, 6) is 0.731. The normalized spacial score (nSPS) is 23.2. The summed E-state index contributed by atoms with van der Waals surface area (Å²) in [7, 11) is 1.71. The molecule has 0 saturated carbocycles. The van der Waals surface area contributed by atoms with Crippen molar-refractivity contribution in [3.63, 3.8) is 0 Å². The van der Waals surface area contributed by atoms with Gasteiger partial charge in [-0.25, -0.2) is 9.67 Å². The minimum atomic E-state index is -1.26. The lowest BCUT2D eigenvalue weighted by molar-refractivity contribution is -0.0511. The molecule has 0 aliphatic carbocycles. The van der Waals surface area contributed by atoms with Crippen molar-refractivity contribution in [3.8, 4) is 17.1 Å². The molecule has 0 amide bonds. The van der Waals surface area contributed by atoms with Gasteiger partial charge in [0.05, 0.1) is 19.1 Å². The molecule has 12 heteroatoms. The molecule has 1 aliphatic heterocycles. The first-order valence-corrected chi connectivity index (χ1v) is 10.2. The standard InChI is InChI=1S/C20H20ClN7O4/c1-22-17-14-18(27(9-23-14)19-16(31)15(30)13(8-29)32-19)26-20(25-17)28-7-11(6-24-28)10-2-4-12(21)5-3-10/h2-7,9,13,15-16,19,29-31H,8H2,1H3,(H,22,25,26)/t13-,15-,16-,19-/m1/s1. The van der Waals surface area contributed by atoms with E-state index in [2.05, 4.69) is 25.4 Å². The van der Waals surface area contributed by atoms with Gasteiger partial charge in [0.1, 0.15) is 18.3 Å². The molecule has 1 aliphatic rings. The number of hydrogen-bond acceptors (Lipinski definition) is 9. The molecule has 0 radical (unpaired) electrons. The van der Waals surface area contributed by atoms with E-state index in [1.165, 1.54) is 15.6 Å². The summed E-state index contributed by atoms with van der Waals surface area (Å²) < 4.78 is 8.67. The van der Waals surface area contributed by atoms with Gasteiger partial charge in [-0.05, 0) is 17.7 Å². The minimum Gasteiger partial charge on any atom is -0.394 e. The Kier molecular flexibility index (Phi) is 5.27. The van der Waals surface area contributed by atoms with Gasteiger partial charge in [0, 0.05) is 23.8 Å². The lowest BCUT2D eigenvalue weighted by atomic mass is 10.1. The van der Waals surface area contributed by atoms with Gasteiger partial charge in [0.2, 0.25) is 0 Å². The zero-order valence-corrected chi connectivity index (χ0v) is 17.6. The molecule has 11 nitrogen and oxygen atoms in total. The molecule has 1 aromatic carbocycles. The number of aliphatic hydroxyl groups excluding tert-OH is 3. The molecule has 0 unspecified atom stereocenters. The van der Waals surface area contributed by atoms with E-state index in [0.29, 0.717) is 22.0 Å². The van der Waals surface area contributed by atoms with Crippen LogP contribution < -0.4 is 5.32 Å². The molecule has 5 rings (SSSR count). The molecule has 4 aromatic rings.